The Morgan fingerprint density at radius 2 is 1.48 bits per heavy atom. The Labute approximate surface area is 129 Å². The molecular formula is C18H30O3. The molecule has 0 heterocycles. The van der Waals surface area contributed by atoms with E-state index in [9.17, 15) is 4.79 Å². The summed E-state index contributed by atoms with van der Waals surface area (Å²) in [7, 11) is 0. The van der Waals surface area contributed by atoms with Gasteiger partial charge in [-0.2, -0.15) is 0 Å². The lowest BCUT2D eigenvalue weighted by molar-refractivity contribution is -0.146. The Bertz CT molecular complexity index is 329. The highest BCUT2D eigenvalue weighted by Gasteiger charge is 2.11. The molecule has 0 aromatic carbocycles. The van der Waals surface area contributed by atoms with Crippen LogP contribution in [-0.2, 0) is 4.79 Å². The first-order valence-corrected chi connectivity index (χ1v) is 8.07. The maximum Gasteiger partial charge on any atom is 0.332 e. The first-order chi connectivity index (χ1) is 10.2. The van der Waals surface area contributed by atoms with Crippen LogP contribution in [0.1, 0.15) is 64.7 Å². The highest BCUT2D eigenvalue weighted by Crippen LogP contribution is 2.08. The normalized spacial score (nSPS) is 13.6. The standard InChI is InChI=1S/C18H30O3/c1-2-3-4-5-6-7-8-9-10-11-12-13-14-15-16-17(19)18(20)21/h5-10,17,19H,2-4,11-16H2,1H3,(H,20,21)/b6-5+,8-7+,10-9+. The molecule has 0 aliphatic rings. The molecular weight excluding hydrogens is 264 g/mol. The van der Waals surface area contributed by atoms with Gasteiger partial charge in [-0.15, -0.1) is 0 Å². The van der Waals surface area contributed by atoms with E-state index in [4.69, 9.17) is 10.2 Å². The molecule has 0 amide bonds. The zero-order valence-corrected chi connectivity index (χ0v) is 13.2. The second kappa shape index (κ2) is 15.0. The maximum absolute atomic E-state index is 10.4. The molecule has 0 saturated carbocycles. The average Bonchev–Trinajstić information content (AvgIpc) is 2.47. The number of aliphatic hydroxyl groups is 1. The predicted octanol–water partition coefficient (Wildman–Crippen LogP) is 4.63. The third-order valence-corrected chi connectivity index (χ3v) is 3.21. The SMILES string of the molecule is CCCC/C=C/C=C/C=C/CCCCCCC(O)C(=O)O. The quantitative estimate of drug-likeness (QED) is 0.384. The van der Waals surface area contributed by atoms with Gasteiger partial charge in [-0.1, -0.05) is 75.5 Å². The molecule has 1 atom stereocenters. The zero-order valence-electron chi connectivity index (χ0n) is 13.2. The van der Waals surface area contributed by atoms with Gasteiger partial charge in [0.2, 0.25) is 0 Å². The van der Waals surface area contributed by atoms with Crippen LogP contribution in [0.2, 0.25) is 0 Å². The Hall–Kier alpha value is -1.35. The van der Waals surface area contributed by atoms with Crippen LogP contribution in [0.3, 0.4) is 0 Å². The molecule has 0 aliphatic heterocycles. The van der Waals surface area contributed by atoms with Crippen molar-refractivity contribution in [3.63, 3.8) is 0 Å². The highest BCUT2D eigenvalue weighted by atomic mass is 16.4. The molecule has 3 nitrogen and oxygen atoms in total. The molecule has 0 aliphatic carbocycles. The number of aliphatic carboxylic acids is 1. The molecule has 0 aromatic rings. The molecule has 2 N–H and O–H groups in total. The molecule has 0 aromatic heterocycles. The van der Waals surface area contributed by atoms with Gasteiger partial charge in [-0.05, 0) is 25.7 Å². The molecule has 0 rings (SSSR count). The van der Waals surface area contributed by atoms with Gasteiger partial charge in [0.05, 0.1) is 0 Å². The number of hydrogen-bond acceptors (Lipinski definition) is 2. The van der Waals surface area contributed by atoms with E-state index in [2.05, 4.69) is 37.3 Å². The van der Waals surface area contributed by atoms with Crippen molar-refractivity contribution < 1.29 is 15.0 Å². The predicted molar refractivity (Wildman–Crippen MR) is 88.3 cm³/mol. The topological polar surface area (TPSA) is 57.5 Å². The Morgan fingerprint density at radius 1 is 0.905 bits per heavy atom. The van der Waals surface area contributed by atoms with Crippen LogP contribution in [0.25, 0.3) is 0 Å². The number of aliphatic hydroxyl groups excluding tert-OH is 1. The van der Waals surface area contributed by atoms with Crippen molar-refractivity contribution in [3.05, 3.63) is 36.5 Å². The van der Waals surface area contributed by atoms with E-state index in [0.717, 1.165) is 38.5 Å². The number of carboxylic acid groups (broad SMARTS) is 1. The number of hydrogen-bond donors (Lipinski definition) is 2. The summed E-state index contributed by atoms with van der Waals surface area (Å²) in [6.07, 6.45) is 20.4. The smallest absolute Gasteiger partial charge is 0.332 e. The molecule has 0 bridgehead atoms. The Morgan fingerprint density at radius 3 is 2.05 bits per heavy atom. The highest BCUT2D eigenvalue weighted by molar-refractivity contribution is 5.71. The van der Waals surface area contributed by atoms with Gasteiger partial charge in [0, 0.05) is 0 Å². The van der Waals surface area contributed by atoms with E-state index in [-0.39, 0.29) is 0 Å². The van der Waals surface area contributed by atoms with E-state index in [0.29, 0.717) is 6.42 Å². The number of unbranched alkanes of at least 4 members (excludes halogenated alkanes) is 6. The lowest BCUT2D eigenvalue weighted by atomic mass is 10.1. The van der Waals surface area contributed by atoms with Crippen molar-refractivity contribution in [1.29, 1.82) is 0 Å². The zero-order chi connectivity index (χ0) is 15.8. The summed E-state index contributed by atoms with van der Waals surface area (Å²) in [6.45, 7) is 2.20. The molecule has 1 unspecified atom stereocenters. The summed E-state index contributed by atoms with van der Waals surface area (Å²) >= 11 is 0. The molecule has 0 saturated heterocycles. The second-order valence-corrected chi connectivity index (χ2v) is 5.23. The first kappa shape index (κ1) is 19.7. The van der Waals surface area contributed by atoms with E-state index >= 15 is 0 Å². The van der Waals surface area contributed by atoms with Crippen LogP contribution in [0.15, 0.2) is 36.5 Å². The van der Waals surface area contributed by atoms with Crippen molar-refractivity contribution >= 4 is 5.97 Å². The monoisotopic (exact) mass is 294 g/mol. The van der Waals surface area contributed by atoms with Gasteiger partial charge in [-0.25, -0.2) is 4.79 Å². The summed E-state index contributed by atoms with van der Waals surface area (Å²) in [5.41, 5.74) is 0. The largest absolute Gasteiger partial charge is 0.479 e. The summed E-state index contributed by atoms with van der Waals surface area (Å²) in [4.78, 5) is 10.4. The number of allylic oxidation sites excluding steroid dienone is 6. The average molecular weight is 294 g/mol. The van der Waals surface area contributed by atoms with Crippen LogP contribution in [-0.4, -0.2) is 22.3 Å². The van der Waals surface area contributed by atoms with Crippen LogP contribution in [0, 0.1) is 0 Å². The van der Waals surface area contributed by atoms with Crippen LogP contribution in [0.4, 0.5) is 0 Å². The number of carbonyl (C=O) groups is 1. The summed E-state index contributed by atoms with van der Waals surface area (Å²) < 4.78 is 0. The van der Waals surface area contributed by atoms with Crippen molar-refractivity contribution in [2.24, 2.45) is 0 Å². The summed E-state index contributed by atoms with van der Waals surface area (Å²) in [5, 5.41) is 17.6. The molecule has 21 heavy (non-hydrogen) atoms. The maximum atomic E-state index is 10.4. The van der Waals surface area contributed by atoms with Gasteiger partial charge in [0.25, 0.3) is 0 Å². The second-order valence-electron chi connectivity index (χ2n) is 5.23. The van der Waals surface area contributed by atoms with Gasteiger partial charge in [0.1, 0.15) is 0 Å². The first-order valence-electron chi connectivity index (χ1n) is 8.07. The Balaban J connectivity index is 3.38. The molecule has 120 valence electrons. The third kappa shape index (κ3) is 14.9. The van der Waals surface area contributed by atoms with Crippen molar-refractivity contribution in [2.75, 3.05) is 0 Å². The minimum absolute atomic E-state index is 0.359. The lowest BCUT2D eigenvalue weighted by Gasteiger charge is -2.04. The van der Waals surface area contributed by atoms with E-state index in [1.165, 1.54) is 12.8 Å². The molecule has 0 radical (unpaired) electrons. The van der Waals surface area contributed by atoms with Crippen LogP contribution < -0.4 is 0 Å². The van der Waals surface area contributed by atoms with Gasteiger partial charge >= 0.3 is 5.97 Å². The van der Waals surface area contributed by atoms with Crippen molar-refractivity contribution in [1.82, 2.24) is 0 Å². The summed E-state index contributed by atoms with van der Waals surface area (Å²) in [6, 6.07) is 0. The molecule has 0 spiro atoms. The fourth-order valence-corrected chi connectivity index (χ4v) is 1.88. The molecule has 0 fully saturated rings. The number of rotatable bonds is 13. The summed E-state index contributed by atoms with van der Waals surface area (Å²) in [5.74, 6) is -1.12. The minimum atomic E-state index is -1.19. The van der Waals surface area contributed by atoms with Crippen LogP contribution >= 0.6 is 0 Å². The Kier molecular flexibility index (Phi) is 14.1. The van der Waals surface area contributed by atoms with Crippen molar-refractivity contribution in [3.8, 4) is 0 Å². The number of carboxylic acids is 1. The lowest BCUT2D eigenvalue weighted by Crippen LogP contribution is -2.18. The fraction of sp³-hybridized carbons (Fsp3) is 0.611. The van der Waals surface area contributed by atoms with Gasteiger partial charge < -0.3 is 10.2 Å². The molecule has 3 heteroatoms. The minimum Gasteiger partial charge on any atom is -0.479 e. The fourth-order valence-electron chi connectivity index (χ4n) is 1.88. The van der Waals surface area contributed by atoms with Gasteiger partial charge in [0.15, 0.2) is 6.10 Å². The van der Waals surface area contributed by atoms with E-state index in [1.54, 1.807) is 0 Å². The van der Waals surface area contributed by atoms with Crippen LogP contribution in [0.5, 0.6) is 0 Å². The van der Waals surface area contributed by atoms with E-state index in [1.807, 2.05) is 6.08 Å². The van der Waals surface area contributed by atoms with Crippen molar-refractivity contribution in [2.45, 2.75) is 70.8 Å². The van der Waals surface area contributed by atoms with E-state index < -0.39 is 12.1 Å². The third-order valence-electron chi connectivity index (χ3n) is 3.21. The van der Waals surface area contributed by atoms with Gasteiger partial charge in [-0.3, -0.25) is 0 Å².